The summed E-state index contributed by atoms with van der Waals surface area (Å²) in [6.07, 6.45) is 1.54. The van der Waals surface area contributed by atoms with Crippen LogP contribution >= 0.6 is 0 Å². The normalized spacial score (nSPS) is 12.1. The number of aromatic amines is 1. The number of halogens is 3. The summed E-state index contributed by atoms with van der Waals surface area (Å²) in [7, 11) is 3.24. The minimum atomic E-state index is -1.44. The minimum Gasteiger partial charge on any atom is -0.496 e. The van der Waals surface area contributed by atoms with E-state index in [9.17, 15) is 22.2 Å². The molecule has 2 N–H and O–H groups in total. The topological polar surface area (TPSA) is 87.6 Å². The van der Waals surface area contributed by atoms with Gasteiger partial charge in [0.05, 0.1) is 29.6 Å². The molecule has 1 atom stereocenters. The lowest BCUT2D eigenvalue weighted by molar-refractivity contribution is 0.0964. The highest BCUT2D eigenvalue weighted by Gasteiger charge is 2.25. The zero-order valence-electron chi connectivity index (χ0n) is 24.1. The van der Waals surface area contributed by atoms with Gasteiger partial charge in [0, 0.05) is 59.9 Å². The number of methoxy groups -OCH3 is 1. The highest BCUT2D eigenvalue weighted by atomic mass is 32.2. The number of carbonyl (C=O) groups excluding carboxylic acids is 1. The number of fused-ring (bicyclic) bond motifs is 2. The van der Waals surface area contributed by atoms with Gasteiger partial charge in [0.15, 0.2) is 0 Å². The highest BCUT2D eigenvalue weighted by Crippen LogP contribution is 2.43. The molecule has 1 unspecified atom stereocenters. The number of nitrogens with one attached hydrogen (secondary N) is 2. The molecule has 0 aliphatic rings. The largest absolute Gasteiger partial charge is 0.496 e. The molecule has 6 rings (SSSR count). The Morgan fingerprint density at radius 3 is 2.34 bits per heavy atom. The Morgan fingerprint density at radius 2 is 1.66 bits per heavy atom. The van der Waals surface area contributed by atoms with Crippen molar-refractivity contribution in [3.8, 4) is 39.5 Å². The molecular weight excluding hydrogens is 591 g/mol. The predicted molar refractivity (Wildman–Crippen MR) is 167 cm³/mol. The molecule has 7 nitrogen and oxygen atoms in total. The number of carbonyl (C=O) groups is 1. The van der Waals surface area contributed by atoms with Crippen LogP contribution in [0.1, 0.15) is 10.4 Å². The molecule has 0 aliphatic heterocycles. The lowest BCUT2D eigenvalue weighted by Crippen LogP contribution is -2.20. The summed E-state index contributed by atoms with van der Waals surface area (Å²) in [5.74, 6) is -1.52. The molecule has 11 heteroatoms. The fraction of sp³-hybridized carbons (Fsp3) is 0.121. The summed E-state index contributed by atoms with van der Waals surface area (Å²) >= 11 is 0. The van der Waals surface area contributed by atoms with E-state index in [1.807, 2.05) is 12.1 Å². The number of aromatic nitrogens is 1. The zero-order chi connectivity index (χ0) is 31.3. The first-order valence-electron chi connectivity index (χ1n) is 13.4. The van der Waals surface area contributed by atoms with Crippen molar-refractivity contribution in [1.29, 1.82) is 0 Å². The Morgan fingerprint density at radius 1 is 0.932 bits per heavy atom. The van der Waals surface area contributed by atoms with E-state index < -0.39 is 34.3 Å². The third-order valence-corrected chi connectivity index (χ3v) is 8.51. The number of H-pyrrole nitrogens is 1. The molecule has 0 saturated carbocycles. The molecule has 0 spiro atoms. The van der Waals surface area contributed by atoms with Gasteiger partial charge in [-0.3, -0.25) is 9.10 Å². The molecule has 224 valence electrons. The molecule has 0 aliphatic carbocycles. The van der Waals surface area contributed by atoms with Crippen LogP contribution in [0.3, 0.4) is 0 Å². The number of anilines is 1. The van der Waals surface area contributed by atoms with Crippen LogP contribution in [0, 0.1) is 17.5 Å². The molecule has 2 aromatic heterocycles. The number of nitrogens with zero attached hydrogens (tertiary/aromatic N) is 1. The van der Waals surface area contributed by atoms with Crippen molar-refractivity contribution in [1.82, 2.24) is 10.3 Å². The van der Waals surface area contributed by atoms with Gasteiger partial charge in [-0.2, -0.15) is 0 Å². The fourth-order valence-electron chi connectivity index (χ4n) is 5.31. The van der Waals surface area contributed by atoms with Crippen LogP contribution < -0.4 is 14.4 Å². The molecule has 0 fully saturated rings. The Kier molecular flexibility index (Phi) is 7.42. The van der Waals surface area contributed by atoms with Crippen LogP contribution in [0.4, 0.5) is 18.9 Å². The molecule has 0 bridgehead atoms. The van der Waals surface area contributed by atoms with Crippen molar-refractivity contribution >= 4 is 44.5 Å². The molecule has 6 aromatic rings. The van der Waals surface area contributed by atoms with Gasteiger partial charge in [0.2, 0.25) is 0 Å². The summed E-state index contributed by atoms with van der Waals surface area (Å²) in [6, 6.07) is 18.2. The van der Waals surface area contributed by atoms with Crippen LogP contribution in [0.5, 0.6) is 5.75 Å². The molecule has 44 heavy (non-hydrogen) atoms. The number of rotatable bonds is 7. The van der Waals surface area contributed by atoms with Gasteiger partial charge in [-0.1, -0.05) is 6.07 Å². The Hall–Kier alpha value is -5.03. The van der Waals surface area contributed by atoms with Crippen molar-refractivity contribution in [3.05, 3.63) is 95.8 Å². The van der Waals surface area contributed by atoms with E-state index in [0.717, 1.165) is 6.07 Å². The van der Waals surface area contributed by atoms with Gasteiger partial charge < -0.3 is 19.5 Å². The predicted octanol–water partition coefficient (Wildman–Crippen LogP) is 7.43. The van der Waals surface area contributed by atoms with Crippen molar-refractivity contribution < 1.29 is 31.3 Å². The molecule has 1 amide bonds. The Balaban J connectivity index is 1.61. The monoisotopic (exact) mass is 617 g/mol. The van der Waals surface area contributed by atoms with E-state index in [1.54, 1.807) is 35.6 Å². The number of ether oxygens (including phenoxy) is 1. The molecular formula is C33H26F3N3O4S. The first-order chi connectivity index (χ1) is 21.1. The SMILES string of the molecule is CNC(=O)c1c(-c2ccc(F)cc2)oc2cc(N(C)S(C)=O)c(-c3ccc(OC)c(-c4cc5cc(F)cc(F)c5[nH]4)c3)cc12. The van der Waals surface area contributed by atoms with Crippen LogP contribution in [0.15, 0.2) is 77.2 Å². The van der Waals surface area contributed by atoms with E-state index in [0.29, 0.717) is 55.7 Å². The zero-order valence-corrected chi connectivity index (χ0v) is 24.9. The average Bonchev–Trinajstić information content (AvgIpc) is 3.61. The summed E-state index contributed by atoms with van der Waals surface area (Å²) in [6.45, 7) is 0. The second kappa shape index (κ2) is 11.2. The van der Waals surface area contributed by atoms with Gasteiger partial charge in [-0.15, -0.1) is 0 Å². The summed E-state index contributed by atoms with van der Waals surface area (Å²) in [5, 5.41) is 3.49. The van der Waals surface area contributed by atoms with Gasteiger partial charge in [0.25, 0.3) is 5.91 Å². The minimum absolute atomic E-state index is 0.152. The summed E-state index contributed by atoms with van der Waals surface area (Å²) in [4.78, 5) is 16.2. The lowest BCUT2D eigenvalue weighted by Gasteiger charge is -2.20. The number of furan rings is 1. The lowest BCUT2D eigenvalue weighted by atomic mass is 9.96. The molecule has 0 radical (unpaired) electrons. The average molecular weight is 618 g/mol. The van der Waals surface area contributed by atoms with Crippen LogP contribution in [-0.2, 0) is 11.0 Å². The standard InChI is InChI=1S/C33H26F3N3O4S/c1-37-33(40)30-24-15-22(27(39(2)44(4)41)16-29(24)43-32(30)17-5-8-20(34)9-6-17)18-7-10-28(42-3)23(12-18)26-13-19-11-21(35)14-25(36)31(19)38-26/h5-16,38H,1-4H3,(H,37,40). The quantitative estimate of drug-likeness (QED) is 0.195. The van der Waals surface area contributed by atoms with Crippen molar-refractivity contribution in [2.24, 2.45) is 0 Å². The fourth-order valence-corrected chi connectivity index (χ4v) is 5.74. The van der Waals surface area contributed by atoms with Crippen molar-refractivity contribution in [3.63, 3.8) is 0 Å². The Bertz CT molecular complexity index is 2100. The van der Waals surface area contributed by atoms with E-state index in [2.05, 4.69) is 10.3 Å². The third-order valence-electron chi connectivity index (χ3n) is 7.54. The highest BCUT2D eigenvalue weighted by molar-refractivity contribution is 7.85. The number of amides is 1. The maximum absolute atomic E-state index is 14.5. The van der Waals surface area contributed by atoms with Crippen LogP contribution in [0.2, 0.25) is 0 Å². The summed E-state index contributed by atoms with van der Waals surface area (Å²) in [5.41, 5.74) is 4.15. The van der Waals surface area contributed by atoms with E-state index in [1.165, 1.54) is 50.7 Å². The van der Waals surface area contributed by atoms with Gasteiger partial charge in [-0.25, -0.2) is 17.4 Å². The number of benzene rings is 4. The second-order valence-corrected chi connectivity index (χ2v) is 11.5. The van der Waals surface area contributed by atoms with Crippen molar-refractivity contribution in [2.75, 3.05) is 31.8 Å². The molecule has 0 saturated heterocycles. The maximum atomic E-state index is 14.5. The van der Waals surface area contributed by atoms with E-state index >= 15 is 0 Å². The Labute approximate surface area is 252 Å². The first kappa shape index (κ1) is 29.1. The van der Waals surface area contributed by atoms with E-state index in [4.69, 9.17) is 9.15 Å². The first-order valence-corrected chi connectivity index (χ1v) is 14.9. The smallest absolute Gasteiger partial charge is 0.255 e. The van der Waals surface area contributed by atoms with Crippen molar-refractivity contribution in [2.45, 2.75) is 0 Å². The maximum Gasteiger partial charge on any atom is 0.255 e. The van der Waals surface area contributed by atoms with E-state index in [-0.39, 0.29) is 16.8 Å². The second-order valence-electron chi connectivity index (χ2n) is 10.1. The molecule has 2 heterocycles. The van der Waals surface area contributed by atoms with Gasteiger partial charge in [0.1, 0.15) is 45.5 Å². The van der Waals surface area contributed by atoms with Gasteiger partial charge >= 0.3 is 0 Å². The van der Waals surface area contributed by atoms with Crippen LogP contribution in [-0.4, -0.2) is 42.6 Å². The van der Waals surface area contributed by atoms with Gasteiger partial charge in [-0.05, 0) is 60.2 Å². The third kappa shape index (κ3) is 4.98. The number of hydrogen-bond acceptors (Lipinski definition) is 4. The van der Waals surface area contributed by atoms with Crippen LogP contribution in [0.25, 0.3) is 55.6 Å². The molecule has 4 aromatic carbocycles. The number of hydrogen-bond donors (Lipinski definition) is 2. The summed E-state index contributed by atoms with van der Waals surface area (Å²) < 4.78 is 68.3.